The Morgan fingerprint density at radius 3 is 2.80 bits per heavy atom. The lowest BCUT2D eigenvalue weighted by molar-refractivity contribution is -0.00307. The van der Waals surface area contributed by atoms with Crippen LogP contribution in [-0.2, 0) is 4.74 Å². The van der Waals surface area contributed by atoms with Crippen molar-refractivity contribution in [2.45, 2.75) is 32.8 Å². The monoisotopic (exact) mass is 227 g/mol. The number of carbonyl (C=O) groups excluding carboxylic acids is 1. The molecule has 4 heteroatoms. The van der Waals surface area contributed by atoms with E-state index in [0.717, 1.165) is 6.42 Å². The minimum Gasteiger partial charge on any atom is -0.455 e. The van der Waals surface area contributed by atoms with Gasteiger partial charge in [0.15, 0.2) is 0 Å². The van der Waals surface area contributed by atoms with E-state index in [4.69, 9.17) is 16.3 Å². The predicted octanol–water partition coefficient (Wildman–Crippen LogP) is 3.08. The molecule has 82 valence electrons. The van der Waals surface area contributed by atoms with Crippen molar-refractivity contribution in [1.29, 1.82) is 0 Å². The van der Waals surface area contributed by atoms with Gasteiger partial charge in [-0.05, 0) is 32.4 Å². The van der Waals surface area contributed by atoms with E-state index < -0.39 is 11.6 Å². The van der Waals surface area contributed by atoms with E-state index in [1.54, 1.807) is 6.07 Å². The molecule has 0 aromatic carbocycles. The van der Waals surface area contributed by atoms with Crippen molar-refractivity contribution in [1.82, 2.24) is 4.98 Å². The molecule has 1 rings (SSSR count). The third kappa shape index (κ3) is 3.51. The molecule has 0 bridgehead atoms. The highest BCUT2D eigenvalue weighted by Gasteiger charge is 2.22. The van der Waals surface area contributed by atoms with Crippen LogP contribution in [0.25, 0.3) is 0 Å². The van der Waals surface area contributed by atoms with Crippen LogP contribution in [-0.4, -0.2) is 16.6 Å². The van der Waals surface area contributed by atoms with Crippen LogP contribution in [0.3, 0.4) is 0 Å². The van der Waals surface area contributed by atoms with E-state index in [1.807, 2.05) is 20.8 Å². The number of nitrogens with zero attached hydrogens (tertiary/aromatic N) is 1. The number of halogens is 1. The van der Waals surface area contributed by atoms with Gasteiger partial charge in [0.1, 0.15) is 11.3 Å². The van der Waals surface area contributed by atoms with Crippen molar-refractivity contribution in [3.63, 3.8) is 0 Å². The summed E-state index contributed by atoms with van der Waals surface area (Å²) in [5.74, 6) is -0.440. The molecule has 0 amide bonds. The molecule has 0 saturated heterocycles. The van der Waals surface area contributed by atoms with Crippen molar-refractivity contribution in [2.24, 2.45) is 0 Å². The molecule has 0 unspecified atom stereocenters. The van der Waals surface area contributed by atoms with Crippen LogP contribution in [0.1, 0.15) is 37.7 Å². The van der Waals surface area contributed by atoms with Gasteiger partial charge in [-0.1, -0.05) is 18.5 Å². The number of pyridine rings is 1. The van der Waals surface area contributed by atoms with Gasteiger partial charge in [-0.15, -0.1) is 0 Å². The highest BCUT2D eigenvalue weighted by atomic mass is 35.5. The van der Waals surface area contributed by atoms with Gasteiger partial charge in [-0.3, -0.25) is 0 Å². The molecule has 0 aliphatic carbocycles. The Kier molecular flexibility index (Phi) is 3.69. The average molecular weight is 228 g/mol. The maximum absolute atomic E-state index is 11.6. The first-order valence-corrected chi connectivity index (χ1v) is 5.17. The minimum atomic E-state index is -0.471. The molecule has 0 aliphatic rings. The third-order valence-corrected chi connectivity index (χ3v) is 2.39. The van der Waals surface area contributed by atoms with Crippen LogP contribution in [0.4, 0.5) is 0 Å². The van der Waals surface area contributed by atoms with Gasteiger partial charge in [0.05, 0.1) is 0 Å². The quantitative estimate of drug-likeness (QED) is 0.745. The summed E-state index contributed by atoms with van der Waals surface area (Å²) in [6.45, 7) is 5.67. The van der Waals surface area contributed by atoms with Crippen molar-refractivity contribution in [3.8, 4) is 0 Å². The molecular weight excluding hydrogens is 214 g/mol. The van der Waals surface area contributed by atoms with E-state index >= 15 is 0 Å². The summed E-state index contributed by atoms with van der Waals surface area (Å²) in [5.41, 5.74) is -0.231. The maximum Gasteiger partial charge on any atom is 0.357 e. The maximum atomic E-state index is 11.6. The Morgan fingerprint density at radius 2 is 2.27 bits per heavy atom. The largest absolute Gasteiger partial charge is 0.455 e. The minimum absolute atomic E-state index is 0.240. The first kappa shape index (κ1) is 12.0. The van der Waals surface area contributed by atoms with E-state index in [2.05, 4.69) is 4.98 Å². The lowest BCUT2D eigenvalue weighted by Gasteiger charge is -2.22. The highest BCUT2D eigenvalue weighted by molar-refractivity contribution is 6.30. The van der Waals surface area contributed by atoms with Gasteiger partial charge in [0.2, 0.25) is 0 Å². The number of aromatic nitrogens is 1. The molecule has 0 fully saturated rings. The summed E-state index contributed by atoms with van der Waals surface area (Å²) in [4.78, 5) is 15.5. The van der Waals surface area contributed by atoms with Crippen LogP contribution >= 0.6 is 11.6 Å². The molecule has 0 aliphatic heterocycles. The molecule has 0 atom stereocenters. The van der Waals surface area contributed by atoms with E-state index in [9.17, 15) is 4.79 Å². The van der Waals surface area contributed by atoms with Crippen molar-refractivity contribution < 1.29 is 9.53 Å². The standard InChI is InChI=1S/C11H14ClNO2/c1-4-11(2,3)15-10(14)9-7-8(12)5-6-13-9/h5-7H,4H2,1-3H3. The van der Waals surface area contributed by atoms with Gasteiger partial charge >= 0.3 is 5.97 Å². The molecule has 0 radical (unpaired) electrons. The summed E-state index contributed by atoms with van der Waals surface area (Å²) in [6.07, 6.45) is 2.23. The lowest BCUT2D eigenvalue weighted by Crippen LogP contribution is -2.27. The number of hydrogen-bond acceptors (Lipinski definition) is 3. The number of rotatable bonds is 3. The van der Waals surface area contributed by atoms with Crippen LogP contribution in [0, 0.1) is 0 Å². The third-order valence-electron chi connectivity index (χ3n) is 2.15. The molecule has 1 aromatic rings. The zero-order valence-electron chi connectivity index (χ0n) is 9.08. The average Bonchev–Trinajstić information content (AvgIpc) is 2.17. The zero-order chi connectivity index (χ0) is 11.5. The van der Waals surface area contributed by atoms with Gasteiger partial charge < -0.3 is 4.74 Å². The van der Waals surface area contributed by atoms with Gasteiger partial charge in [0, 0.05) is 11.2 Å². The highest BCUT2D eigenvalue weighted by Crippen LogP contribution is 2.17. The van der Waals surface area contributed by atoms with E-state index in [-0.39, 0.29) is 5.69 Å². The summed E-state index contributed by atoms with van der Waals surface area (Å²) in [5, 5.41) is 0.478. The van der Waals surface area contributed by atoms with Crippen molar-refractivity contribution in [2.75, 3.05) is 0 Å². The number of esters is 1. The van der Waals surface area contributed by atoms with Gasteiger partial charge in [0.25, 0.3) is 0 Å². The SMILES string of the molecule is CCC(C)(C)OC(=O)c1cc(Cl)ccn1. The van der Waals surface area contributed by atoms with Crippen LogP contribution in [0.2, 0.25) is 5.02 Å². The number of carbonyl (C=O) groups is 1. The van der Waals surface area contributed by atoms with Gasteiger partial charge in [-0.25, -0.2) is 9.78 Å². The lowest BCUT2D eigenvalue weighted by atomic mass is 10.1. The Hall–Kier alpha value is -1.09. The molecule has 15 heavy (non-hydrogen) atoms. The van der Waals surface area contributed by atoms with Crippen molar-refractivity contribution >= 4 is 17.6 Å². The molecule has 0 saturated carbocycles. The molecule has 1 heterocycles. The fraction of sp³-hybridized carbons (Fsp3) is 0.455. The van der Waals surface area contributed by atoms with Crippen LogP contribution in [0.15, 0.2) is 18.3 Å². The summed E-state index contributed by atoms with van der Waals surface area (Å²) in [6, 6.07) is 3.11. The number of hydrogen-bond donors (Lipinski definition) is 0. The Labute approximate surface area is 94.4 Å². The Morgan fingerprint density at radius 1 is 1.60 bits per heavy atom. The second-order valence-corrected chi connectivity index (χ2v) is 4.30. The fourth-order valence-corrected chi connectivity index (χ4v) is 1.05. The molecule has 0 spiro atoms. The first-order valence-electron chi connectivity index (χ1n) is 4.79. The smallest absolute Gasteiger partial charge is 0.357 e. The van der Waals surface area contributed by atoms with Gasteiger partial charge in [-0.2, -0.15) is 0 Å². The molecule has 1 aromatic heterocycles. The topological polar surface area (TPSA) is 39.2 Å². The summed E-state index contributed by atoms with van der Waals surface area (Å²) < 4.78 is 5.27. The van der Waals surface area contributed by atoms with Crippen LogP contribution < -0.4 is 0 Å². The summed E-state index contributed by atoms with van der Waals surface area (Å²) >= 11 is 5.75. The molecular formula is C11H14ClNO2. The molecule has 0 N–H and O–H groups in total. The fourth-order valence-electron chi connectivity index (χ4n) is 0.892. The van der Waals surface area contributed by atoms with E-state index in [0.29, 0.717) is 5.02 Å². The Balaban J connectivity index is 2.78. The number of ether oxygens (including phenoxy) is 1. The molecule has 3 nitrogen and oxygen atoms in total. The Bertz CT molecular complexity index is 363. The zero-order valence-corrected chi connectivity index (χ0v) is 9.84. The predicted molar refractivity (Wildman–Crippen MR) is 59.0 cm³/mol. The summed E-state index contributed by atoms with van der Waals surface area (Å²) in [7, 11) is 0. The van der Waals surface area contributed by atoms with Crippen molar-refractivity contribution in [3.05, 3.63) is 29.0 Å². The van der Waals surface area contributed by atoms with Crippen LogP contribution in [0.5, 0.6) is 0 Å². The second-order valence-electron chi connectivity index (χ2n) is 3.86. The normalized spacial score (nSPS) is 11.2. The van der Waals surface area contributed by atoms with E-state index in [1.165, 1.54) is 12.3 Å². The first-order chi connectivity index (χ1) is 6.94. The second kappa shape index (κ2) is 4.62.